The molecule has 17 heavy (non-hydrogen) atoms. The monoisotopic (exact) mass is 231 g/mol. The lowest BCUT2D eigenvalue weighted by Gasteiger charge is -2.10. The quantitative estimate of drug-likeness (QED) is 0.822. The zero-order valence-electron chi connectivity index (χ0n) is 10.2. The maximum atomic E-state index is 5.87. The summed E-state index contributed by atoms with van der Waals surface area (Å²) in [4.78, 5) is 0. The minimum atomic E-state index is 0.495. The number of para-hydroxylation sites is 1. The van der Waals surface area contributed by atoms with Crippen LogP contribution in [-0.4, -0.2) is 9.78 Å². The number of benzene rings is 1. The molecular formula is C13H17N3O. The predicted octanol–water partition coefficient (Wildman–Crippen LogP) is 2.37. The number of hydrogen-bond acceptors (Lipinski definition) is 3. The maximum Gasteiger partial charge on any atom is 0.145 e. The fraction of sp³-hybridized carbons (Fsp3) is 0.308. The smallest absolute Gasteiger partial charge is 0.145 e. The lowest BCUT2D eigenvalue weighted by molar-refractivity contribution is 0.305. The van der Waals surface area contributed by atoms with Crippen LogP contribution in [0.4, 0.5) is 5.69 Å². The second kappa shape index (κ2) is 4.91. The Kier molecular flexibility index (Phi) is 3.32. The maximum absolute atomic E-state index is 5.87. The molecule has 0 radical (unpaired) electrons. The van der Waals surface area contributed by atoms with Gasteiger partial charge in [0, 0.05) is 18.3 Å². The summed E-state index contributed by atoms with van der Waals surface area (Å²) < 4.78 is 7.61. The summed E-state index contributed by atoms with van der Waals surface area (Å²) in [6.07, 6.45) is 3.80. The topological polar surface area (TPSA) is 53.1 Å². The van der Waals surface area contributed by atoms with Crippen LogP contribution < -0.4 is 10.5 Å². The number of ether oxygens (including phenoxy) is 1. The molecule has 0 amide bonds. The Bertz CT molecular complexity index is 485. The molecule has 0 fully saturated rings. The van der Waals surface area contributed by atoms with Crippen molar-refractivity contribution >= 4 is 5.69 Å². The first kappa shape index (κ1) is 11.5. The summed E-state index contributed by atoms with van der Waals surface area (Å²) in [5.41, 5.74) is 8.64. The third-order valence-electron chi connectivity index (χ3n) is 2.64. The Balaban J connectivity index is 2.07. The molecule has 0 aliphatic rings. The predicted molar refractivity (Wildman–Crippen MR) is 67.8 cm³/mol. The van der Waals surface area contributed by atoms with Crippen LogP contribution in [0.15, 0.2) is 30.6 Å². The highest BCUT2D eigenvalue weighted by Crippen LogP contribution is 2.26. The van der Waals surface area contributed by atoms with Gasteiger partial charge in [-0.3, -0.25) is 4.68 Å². The van der Waals surface area contributed by atoms with Gasteiger partial charge < -0.3 is 10.5 Å². The number of nitrogens with zero attached hydrogens (tertiary/aromatic N) is 2. The van der Waals surface area contributed by atoms with Gasteiger partial charge in [0.2, 0.25) is 0 Å². The molecule has 0 aliphatic carbocycles. The van der Waals surface area contributed by atoms with Gasteiger partial charge in [-0.25, -0.2) is 0 Å². The summed E-state index contributed by atoms with van der Waals surface area (Å²) in [7, 11) is 0. The molecule has 4 nitrogen and oxygen atoms in total. The van der Waals surface area contributed by atoms with Gasteiger partial charge in [-0.15, -0.1) is 0 Å². The molecule has 0 bridgehead atoms. The van der Waals surface area contributed by atoms with Crippen molar-refractivity contribution in [2.24, 2.45) is 0 Å². The molecule has 90 valence electrons. The fourth-order valence-electron chi connectivity index (χ4n) is 1.68. The summed E-state index contributed by atoms with van der Waals surface area (Å²) in [6.45, 7) is 5.40. The minimum Gasteiger partial charge on any atom is -0.486 e. The molecule has 1 aromatic heterocycles. The molecule has 0 aliphatic heterocycles. The highest BCUT2D eigenvalue weighted by atomic mass is 16.5. The van der Waals surface area contributed by atoms with Crippen molar-refractivity contribution in [1.29, 1.82) is 0 Å². The Morgan fingerprint density at radius 1 is 1.41 bits per heavy atom. The van der Waals surface area contributed by atoms with Crippen LogP contribution >= 0.6 is 0 Å². The lowest BCUT2D eigenvalue weighted by Crippen LogP contribution is -2.00. The number of nitrogen functional groups attached to an aromatic ring is 1. The zero-order valence-corrected chi connectivity index (χ0v) is 10.2. The van der Waals surface area contributed by atoms with E-state index in [2.05, 4.69) is 12.0 Å². The van der Waals surface area contributed by atoms with Crippen molar-refractivity contribution in [2.75, 3.05) is 5.73 Å². The van der Waals surface area contributed by atoms with Gasteiger partial charge in [-0.05, 0) is 25.5 Å². The van der Waals surface area contributed by atoms with Gasteiger partial charge in [0.1, 0.15) is 12.4 Å². The van der Waals surface area contributed by atoms with Gasteiger partial charge in [0.15, 0.2) is 0 Å². The SMILES string of the molecule is CCn1cc(COc2c(C)cccc2N)cn1. The largest absolute Gasteiger partial charge is 0.486 e. The Hall–Kier alpha value is -1.97. The van der Waals surface area contributed by atoms with E-state index in [1.807, 2.05) is 42.2 Å². The molecule has 0 saturated carbocycles. The van der Waals surface area contributed by atoms with Crippen molar-refractivity contribution in [3.63, 3.8) is 0 Å². The van der Waals surface area contributed by atoms with Crippen molar-refractivity contribution < 1.29 is 4.74 Å². The van der Waals surface area contributed by atoms with E-state index in [-0.39, 0.29) is 0 Å². The fourth-order valence-corrected chi connectivity index (χ4v) is 1.68. The second-order valence-electron chi connectivity index (χ2n) is 3.99. The molecular weight excluding hydrogens is 214 g/mol. The van der Waals surface area contributed by atoms with Crippen molar-refractivity contribution in [3.8, 4) is 5.75 Å². The van der Waals surface area contributed by atoms with Crippen LogP contribution in [0.25, 0.3) is 0 Å². The second-order valence-corrected chi connectivity index (χ2v) is 3.99. The van der Waals surface area contributed by atoms with E-state index in [9.17, 15) is 0 Å². The van der Waals surface area contributed by atoms with E-state index in [0.717, 1.165) is 23.4 Å². The molecule has 0 atom stereocenters. The summed E-state index contributed by atoms with van der Waals surface area (Å²) in [6, 6.07) is 5.76. The van der Waals surface area contributed by atoms with Crippen molar-refractivity contribution in [1.82, 2.24) is 9.78 Å². The summed E-state index contributed by atoms with van der Waals surface area (Å²) in [5, 5.41) is 4.20. The van der Waals surface area contributed by atoms with E-state index in [4.69, 9.17) is 10.5 Å². The molecule has 1 heterocycles. The molecule has 0 spiro atoms. The molecule has 2 aromatic rings. The van der Waals surface area contributed by atoms with Gasteiger partial charge in [-0.2, -0.15) is 5.10 Å². The number of rotatable bonds is 4. The van der Waals surface area contributed by atoms with Gasteiger partial charge in [0.05, 0.1) is 11.9 Å². The number of aryl methyl sites for hydroxylation is 2. The van der Waals surface area contributed by atoms with E-state index in [1.54, 1.807) is 0 Å². The third kappa shape index (κ3) is 2.58. The van der Waals surface area contributed by atoms with Crippen LogP contribution in [0.3, 0.4) is 0 Å². The summed E-state index contributed by atoms with van der Waals surface area (Å²) >= 11 is 0. The Morgan fingerprint density at radius 3 is 2.88 bits per heavy atom. The molecule has 0 unspecified atom stereocenters. The standard InChI is InChI=1S/C13H17N3O/c1-3-16-8-11(7-15-16)9-17-13-10(2)5-4-6-12(13)14/h4-8H,3,9,14H2,1-2H3. The molecule has 1 aromatic carbocycles. The van der Waals surface area contributed by atoms with Crippen LogP contribution in [0.1, 0.15) is 18.1 Å². The van der Waals surface area contributed by atoms with Crippen LogP contribution in [0, 0.1) is 6.92 Å². The van der Waals surface area contributed by atoms with Gasteiger partial charge >= 0.3 is 0 Å². The van der Waals surface area contributed by atoms with Crippen LogP contribution in [0.2, 0.25) is 0 Å². The minimum absolute atomic E-state index is 0.495. The highest BCUT2D eigenvalue weighted by Gasteiger charge is 2.05. The lowest BCUT2D eigenvalue weighted by atomic mass is 10.2. The van der Waals surface area contributed by atoms with Gasteiger partial charge in [0.25, 0.3) is 0 Å². The van der Waals surface area contributed by atoms with Crippen LogP contribution in [0.5, 0.6) is 5.75 Å². The first-order valence-corrected chi connectivity index (χ1v) is 5.70. The number of aromatic nitrogens is 2. The Morgan fingerprint density at radius 2 is 2.24 bits per heavy atom. The number of hydrogen-bond donors (Lipinski definition) is 1. The third-order valence-corrected chi connectivity index (χ3v) is 2.64. The van der Waals surface area contributed by atoms with Crippen LogP contribution in [-0.2, 0) is 13.2 Å². The van der Waals surface area contributed by atoms with Crippen molar-refractivity contribution in [2.45, 2.75) is 27.0 Å². The highest BCUT2D eigenvalue weighted by molar-refractivity contribution is 5.56. The molecule has 2 rings (SSSR count). The first-order valence-electron chi connectivity index (χ1n) is 5.70. The van der Waals surface area contributed by atoms with Crippen molar-refractivity contribution in [3.05, 3.63) is 41.7 Å². The van der Waals surface area contributed by atoms with E-state index in [1.165, 1.54) is 0 Å². The number of anilines is 1. The van der Waals surface area contributed by atoms with Gasteiger partial charge in [-0.1, -0.05) is 12.1 Å². The molecule has 2 N–H and O–H groups in total. The average Bonchev–Trinajstić information content (AvgIpc) is 2.76. The summed E-state index contributed by atoms with van der Waals surface area (Å²) in [5.74, 6) is 0.761. The molecule has 0 saturated heterocycles. The molecule has 4 heteroatoms. The van der Waals surface area contributed by atoms with E-state index < -0.39 is 0 Å². The Labute approximate surface area is 101 Å². The zero-order chi connectivity index (χ0) is 12.3. The average molecular weight is 231 g/mol. The van der Waals surface area contributed by atoms with E-state index >= 15 is 0 Å². The normalized spacial score (nSPS) is 10.5. The number of nitrogens with two attached hydrogens (primary N) is 1. The van der Waals surface area contributed by atoms with E-state index in [0.29, 0.717) is 12.3 Å². The first-order chi connectivity index (χ1) is 8.20.